The molecule has 3 N–H and O–H groups in total. The van der Waals surface area contributed by atoms with Crippen molar-refractivity contribution in [1.29, 1.82) is 0 Å². The Balaban J connectivity index is 2.11. The van der Waals surface area contributed by atoms with E-state index in [-0.39, 0.29) is 11.7 Å². The van der Waals surface area contributed by atoms with Gasteiger partial charge in [-0.2, -0.15) is 5.10 Å². The van der Waals surface area contributed by atoms with Crippen LogP contribution in [0.4, 0.5) is 10.2 Å². The molecule has 1 aliphatic heterocycles. The zero-order chi connectivity index (χ0) is 14.1. The standard InChI is InChI=1S/C14H15ClFN3O/c15-9-4-1-5-10(16)11(9)12-13(18-19-14(12)17)8-3-2-6-20-7-8/h1,4-5,8H,2-3,6-7H2,(H3,17,18,19). The summed E-state index contributed by atoms with van der Waals surface area (Å²) in [6, 6.07) is 4.59. The van der Waals surface area contributed by atoms with Crippen molar-refractivity contribution in [1.82, 2.24) is 10.2 Å². The Bertz CT molecular complexity index is 603. The van der Waals surface area contributed by atoms with Crippen molar-refractivity contribution >= 4 is 17.4 Å². The number of ether oxygens (including phenoxy) is 1. The fourth-order valence-electron chi connectivity index (χ4n) is 2.63. The van der Waals surface area contributed by atoms with E-state index in [1.807, 2.05) is 0 Å². The lowest BCUT2D eigenvalue weighted by molar-refractivity contribution is 0.0794. The van der Waals surface area contributed by atoms with Crippen molar-refractivity contribution in [3.05, 3.63) is 34.7 Å². The molecule has 3 rings (SSSR count). The Kier molecular flexibility index (Phi) is 3.63. The summed E-state index contributed by atoms with van der Waals surface area (Å²) < 4.78 is 19.6. The SMILES string of the molecule is Nc1n[nH]c(C2CCCOC2)c1-c1c(F)cccc1Cl. The Morgan fingerprint density at radius 1 is 1.40 bits per heavy atom. The van der Waals surface area contributed by atoms with Crippen molar-refractivity contribution in [2.75, 3.05) is 18.9 Å². The maximum atomic E-state index is 14.1. The smallest absolute Gasteiger partial charge is 0.153 e. The van der Waals surface area contributed by atoms with E-state index in [4.69, 9.17) is 22.1 Å². The van der Waals surface area contributed by atoms with E-state index in [1.165, 1.54) is 6.07 Å². The Morgan fingerprint density at radius 2 is 2.25 bits per heavy atom. The first kappa shape index (κ1) is 13.4. The summed E-state index contributed by atoms with van der Waals surface area (Å²) in [5, 5.41) is 7.27. The first-order chi connectivity index (χ1) is 9.68. The number of hydrogen-bond donors (Lipinski definition) is 2. The van der Waals surface area contributed by atoms with E-state index in [1.54, 1.807) is 12.1 Å². The van der Waals surface area contributed by atoms with Crippen LogP contribution < -0.4 is 5.73 Å². The molecule has 0 aliphatic carbocycles. The van der Waals surface area contributed by atoms with Gasteiger partial charge in [0, 0.05) is 18.1 Å². The third-order valence-electron chi connectivity index (χ3n) is 3.60. The highest BCUT2D eigenvalue weighted by Crippen LogP contribution is 2.40. The minimum absolute atomic E-state index is 0.138. The molecule has 1 aliphatic rings. The van der Waals surface area contributed by atoms with Gasteiger partial charge in [-0.05, 0) is 25.0 Å². The maximum absolute atomic E-state index is 14.1. The maximum Gasteiger partial charge on any atom is 0.153 e. The van der Waals surface area contributed by atoms with Gasteiger partial charge in [-0.3, -0.25) is 5.10 Å². The third kappa shape index (κ3) is 2.27. The van der Waals surface area contributed by atoms with Crippen LogP contribution in [-0.2, 0) is 4.74 Å². The molecule has 0 saturated carbocycles. The van der Waals surface area contributed by atoms with Crippen LogP contribution >= 0.6 is 11.6 Å². The largest absolute Gasteiger partial charge is 0.382 e. The van der Waals surface area contributed by atoms with Crippen molar-refractivity contribution in [2.45, 2.75) is 18.8 Å². The molecule has 2 heterocycles. The zero-order valence-electron chi connectivity index (χ0n) is 10.8. The van der Waals surface area contributed by atoms with Gasteiger partial charge in [-0.15, -0.1) is 0 Å². The second-order valence-corrected chi connectivity index (χ2v) is 5.32. The van der Waals surface area contributed by atoms with Crippen LogP contribution in [0.1, 0.15) is 24.5 Å². The lowest BCUT2D eigenvalue weighted by atomic mass is 9.92. The zero-order valence-corrected chi connectivity index (χ0v) is 11.6. The molecule has 1 aromatic heterocycles. The van der Waals surface area contributed by atoms with E-state index in [2.05, 4.69) is 10.2 Å². The van der Waals surface area contributed by atoms with Gasteiger partial charge in [0.1, 0.15) is 5.82 Å². The molecule has 4 nitrogen and oxygen atoms in total. The van der Waals surface area contributed by atoms with Crippen LogP contribution in [0.3, 0.4) is 0 Å². The molecule has 1 aromatic carbocycles. The molecule has 0 radical (unpaired) electrons. The number of nitrogen functional groups attached to an aromatic ring is 1. The van der Waals surface area contributed by atoms with Crippen LogP contribution in [-0.4, -0.2) is 23.4 Å². The molecule has 0 bridgehead atoms. The van der Waals surface area contributed by atoms with Gasteiger partial charge in [0.05, 0.1) is 22.9 Å². The molecular formula is C14H15ClFN3O. The van der Waals surface area contributed by atoms with Gasteiger partial charge in [-0.25, -0.2) is 4.39 Å². The Hall–Kier alpha value is -1.59. The fourth-order valence-corrected chi connectivity index (χ4v) is 2.89. The molecule has 1 unspecified atom stereocenters. The first-order valence-electron chi connectivity index (χ1n) is 6.54. The number of nitrogens with zero attached hydrogens (tertiary/aromatic N) is 1. The fraction of sp³-hybridized carbons (Fsp3) is 0.357. The summed E-state index contributed by atoms with van der Waals surface area (Å²) in [7, 11) is 0. The number of aromatic nitrogens is 2. The summed E-state index contributed by atoms with van der Waals surface area (Å²) in [5.74, 6) is 0.000346. The summed E-state index contributed by atoms with van der Waals surface area (Å²) in [6.45, 7) is 1.34. The number of nitrogens with two attached hydrogens (primary N) is 1. The first-order valence-corrected chi connectivity index (χ1v) is 6.92. The van der Waals surface area contributed by atoms with E-state index >= 15 is 0 Å². The molecular weight excluding hydrogens is 281 g/mol. The van der Waals surface area contributed by atoms with Crippen LogP contribution in [0.2, 0.25) is 5.02 Å². The molecule has 20 heavy (non-hydrogen) atoms. The number of benzene rings is 1. The third-order valence-corrected chi connectivity index (χ3v) is 3.92. The highest BCUT2D eigenvalue weighted by molar-refractivity contribution is 6.33. The minimum Gasteiger partial charge on any atom is -0.382 e. The highest BCUT2D eigenvalue weighted by Gasteiger charge is 2.26. The number of aromatic amines is 1. The number of rotatable bonds is 2. The molecule has 6 heteroatoms. The van der Waals surface area contributed by atoms with E-state index in [9.17, 15) is 4.39 Å². The van der Waals surface area contributed by atoms with E-state index in [0.717, 1.165) is 25.1 Å². The van der Waals surface area contributed by atoms with Gasteiger partial charge in [-0.1, -0.05) is 17.7 Å². The van der Waals surface area contributed by atoms with Crippen molar-refractivity contribution in [2.24, 2.45) is 0 Å². The van der Waals surface area contributed by atoms with Crippen molar-refractivity contribution < 1.29 is 9.13 Å². The number of anilines is 1. The second kappa shape index (κ2) is 5.42. The quantitative estimate of drug-likeness (QED) is 0.893. The van der Waals surface area contributed by atoms with E-state index < -0.39 is 5.82 Å². The molecule has 1 atom stereocenters. The van der Waals surface area contributed by atoms with Crippen molar-refractivity contribution in [3.63, 3.8) is 0 Å². The normalized spacial score (nSPS) is 19.2. The predicted octanol–water partition coefficient (Wildman–Crippen LogP) is 3.35. The van der Waals surface area contributed by atoms with Gasteiger partial charge in [0.2, 0.25) is 0 Å². The molecule has 2 aromatic rings. The molecule has 1 saturated heterocycles. The second-order valence-electron chi connectivity index (χ2n) is 4.91. The van der Waals surface area contributed by atoms with Crippen molar-refractivity contribution in [3.8, 4) is 11.1 Å². The monoisotopic (exact) mass is 295 g/mol. The summed E-state index contributed by atoms with van der Waals surface area (Å²) >= 11 is 6.14. The summed E-state index contributed by atoms with van der Waals surface area (Å²) in [6.07, 6.45) is 1.93. The average Bonchev–Trinajstić information content (AvgIpc) is 2.82. The van der Waals surface area contributed by atoms with Gasteiger partial charge in [0.15, 0.2) is 5.82 Å². The number of H-pyrrole nitrogens is 1. The topological polar surface area (TPSA) is 63.9 Å². The van der Waals surface area contributed by atoms with Gasteiger partial charge >= 0.3 is 0 Å². The van der Waals surface area contributed by atoms with Gasteiger partial charge in [0.25, 0.3) is 0 Å². The highest BCUT2D eigenvalue weighted by atomic mass is 35.5. The van der Waals surface area contributed by atoms with Crippen LogP contribution in [0.15, 0.2) is 18.2 Å². The Labute approximate surface area is 121 Å². The molecule has 106 valence electrons. The number of hydrogen-bond acceptors (Lipinski definition) is 3. The van der Waals surface area contributed by atoms with Gasteiger partial charge < -0.3 is 10.5 Å². The number of halogens is 2. The lowest BCUT2D eigenvalue weighted by Crippen LogP contribution is -2.16. The molecule has 1 fully saturated rings. The van der Waals surface area contributed by atoms with Crippen LogP contribution in [0, 0.1) is 5.82 Å². The predicted molar refractivity (Wildman–Crippen MR) is 76.2 cm³/mol. The number of nitrogens with one attached hydrogen (secondary N) is 1. The average molecular weight is 296 g/mol. The summed E-state index contributed by atoms with van der Waals surface area (Å²) in [5.41, 5.74) is 7.57. The minimum atomic E-state index is -0.399. The Morgan fingerprint density at radius 3 is 2.95 bits per heavy atom. The summed E-state index contributed by atoms with van der Waals surface area (Å²) in [4.78, 5) is 0. The molecule has 0 amide bonds. The van der Waals surface area contributed by atoms with E-state index in [0.29, 0.717) is 22.8 Å². The van der Waals surface area contributed by atoms with Crippen LogP contribution in [0.25, 0.3) is 11.1 Å². The van der Waals surface area contributed by atoms with Crippen LogP contribution in [0.5, 0.6) is 0 Å². The lowest BCUT2D eigenvalue weighted by Gasteiger charge is -2.22. The molecule has 0 spiro atoms.